The van der Waals surface area contributed by atoms with Gasteiger partial charge in [-0.1, -0.05) is 51.1 Å². The fourth-order valence-electron chi connectivity index (χ4n) is 5.20. The minimum absolute atomic E-state index is 0.0891. The van der Waals surface area contributed by atoms with E-state index in [0.29, 0.717) is 29.7 Å². The van der Waals surface area contributed by atoms with E-state index in [1.807, 2.05) is 0 Å². The Balaban J connectivity index is 1.72. The van der Waals surface area contributed by atoms with Crippen molar-refractivity contribution in [2.24, 2.45) is 17.3 Å². The molecule has 4 nitrogen and oxygen atoms in total. The summed E-state index contributed by atoms with van der Waals surface area (Å²) in [6, 6.07) is 11.5. The van der Waals surface area contributed by atoms with Gasteiger partial charge in [-0.15, -0.1) is 0 Å². The van der Waals surface area contributed by atoms with Crippen molar-refractivity contribution in [3.63, 3.8) is 0 Å². The molecule has 1 aliphatic heterocycles. The van der Waals surface area contributed by atoms with Crippen molar-refractivity contribution in [2.45, 2.75) is 58.4 Å². The number of alkyl halides is 3. The first-order valence-corrected chi connectivity index (χ1v) is 11.2. The Hall–Kier alpha value is -2.67. The van der Waals surface area contributed by atoms with Gasteiger partial charge in [0.15, 0.2) is 5.60 Å². The number of hydrogen-bond acceptors (Lipinski definition) is 3. The summed E-state index contributed by atoms with van der Waals surface area (Å²) in [4.78, 5) is 28.0. The third kappa shape index (κ3) is 4.07. The quantitative estimate of drug-likeness (QED) is 0.662. The number of carbonyl (C=O) groups is 2. The standard InChI is InChI=1S/C26H28F3NO3/c1-24(2,3)17-11-12-22(31)20(14-17)25(33)19-9-4-5-10-21(19)30(23(25)32)15-16-7-6-8-18(13-16)26(27,28)29/h4-10,13,17,20,33H,11-12,14-15H2,1-3H3/t17-,20+,25+/m1/s1. The summed E-state index contributed by atoms with van der Waals surface area (Å²) < 4.78 is 39.5. The van der Waals surface area contributed by atoms with E-state index in [0.717, 1.165) is 12.1 Å². The Labute approximate surface area is 191 Å². The fraction of sp³-hybridized carbons (Fsp3) is 0.462. The molecule has 0 spiro atoms. The molecule has 1 fully saturated rings. The van der Waals surface area contributed by atoms with Gasteiger partial charge >= 0.3 is 6.18 Å². The Kier molecular flexibility index (Phi) is 5.68. The van der Waals surface area contributed by atoms with E-state index in [4.69, 9.17) is 0 Å². The first kappa shape index (κ1) is 23.5. The molecule has 0 unspecified atom stereocenters. The summed E-state index contributed by atoms with van der Waals surface area (Å²) in [5.41, 5.74) is -1.86. The van der Waals surface area contributed by atoms with Crippen LogP contribution in [0.15, 0.2) is 48.5 Å². The molecular weight excluding hydrogens is 431 g/mol. The van der Waals surface area contributed by atoms with Crippen molar-refractivity contribution in [3.05, 3.63) is 65.2 Å². The number of aliphatic hydroxyl groups is 1. The van der Waals surface area contributed by atoms with Crippen LogP contribution in [0.5, 0.6) is 0 Å². The molecule has 2 aromatic carbocycles. The second-order valence-corrected chi connectivity index (χ2v) is 10.2. The molecule has 0 aromatic heterocycles. The SMILES string of the molecule is CC(C)(C)[C@@H]1CCC(=O)[C@@H]([C@]2(O)C(=O)N(Cc3cccc(C(F)(F)F)c3)c3ccccc32)C1. The fourth-order valence-corrected chi connectivity index (χ4v) is 5.20. The van der Waals surface area contributed by atoms with Gasteiger partial charge in [-0.25, -0.2) is 0 Å². The van der Waals surface area contributed by atoms with Crippen LogP contribution in [0.1, 0.15) is 56.7 Å². The number of nitrogens with zero attached hydrogens (tertiary/aromatic N) is 1. The average molecular weight is 460 g/mol. The highest BCUT2D eigenvalue weighted by Gasteiger charge is 2.58. The molecule has 0 bridgehead atoms. The summed E-state index contributed by atoms with van der Waals surface area (Å²) in [5.74, 6) is -1.55. The highest BCUT2D eigenvalue weighted by molar-refractivity contribution is 6.09. The number of Topliss-reactive ketones (excluding diaryl/α,β-unsaturated/α-hetero) is 1. The number of amides is 1. The second kappa shape index (κ2) is 7.97. The van der Waals surface area contributed by atoms with Crippen molar-refractivity contribution in [1.29, 1.82) is 0 Å². The molecule has 1 heterocycles. The lowest BCUT2D eigenvalue weighted by Gasteiger charge is -2.41. The van der Waals surface area contributed by atoms with E-state index >= 15 is 0 Å². The molecule has 1 saturated carbocycles. The summed E-state index contributed by atoms with van der Waals surface area (Å²) in [7, 11) is 0. The predicted octanol–water partition coefficient (Wildman–Crippen LogP) is 5.47. The maximum absolute atomic E-state index is 13.7. The number of para-hydroxylation sites is 1. The van der Waals surface area contributed by atoms with Gasteiger partial charge in [0, 0.05) is 12.0 Å². The predicted molar refractivity (Wildman–Crippen MR) is 118 cm³/mol. The molecule has 1 aliphatic carbocycles. The van der Waals surface area contributed by atoms with Gasteiger partial charge in [-0.3, -0.25) is 9.59 Å². The molecule has 4 rings (SSSR count). The molecule has 3 atom stereocenters. The third-order valence-electron chi connectivity index (χ3n) is 7.15. The summed E-state index contributed by atoms with van der Waals surface area (Å²) in [6.45, 7) is 6.11. The first-order valence-electron chi connectivity index (χ1n) is 11.2. The summed E-state index contributed by atoms with van der Waals surface area (Å²) in [5, 5.41) is 11.8. The van der Waals surface area contributed by atoms with E-state index < -0.39 is 29.2 Å². The molecule has 0 radical (unpaired) electrons. The van der Waals surface area contributed by atoms with Crippen molar-refractivity contribution >= 4 is 17.4 Å². The van der Waals surface area contributed by atoms with Crippen LogP contribution in [-0.4, -0.2) is 16.8 Å². The molecular formula is C26H28F3NO3. The highest BCUT2D eigenvalue weighted by atomic mass is 19.4. The van der Waals surface area contributed by atoms with Crippen molar-refractivity contribution in [2.75, 3.05) is 4.90 Å². The van der Waals surface area contributed by atoms with Crippen LogP contribution in [0.3, 0.4) is 0 Å². The maximum Gasteiger partial charge on any atom is 0.416 e. The van der Waals surface area contributed by atoms with Gasteiger partial charge in [-0.2, -0.15) is 13.2 Å². The molecule has 2 aliphatic rings. The topological polar surface area (TPSA) is 57.6 Å². The van der Waals surface area contributed by atoms with Gasteiger partial charge in [0.25, 0.3) is 5.91 Å². The lowest BCUT2D eigenvalue weighted by atomic mass is 9.63. The van der Waals surface area contributed by atoms with Crippen LogP contribution in [0.25, 0.3) is 0 Å². The molecule has 7 heteroatoms. The first-order chi connectivity index (χ1) is 15.3. The minimum atomic E-state index is -4.50. The number of ketones is 1. The number of halogens is 3. The minimum Gasteiger partial charge on any atom is -0.375 e. The highest BCUT2D eigenvalue weighted by Crippen LogP contribution is 2.51. The van der Waals surface area contributed by atoms with E-state index in [2.05, 4.69) is 20.8 Å². The number of carbonyl (C=O) groups excluding carboxylic acids is 2. The third-order valence-corrected chi connectivity index (χ3v) is 7.15. The molecule has 1 amide bonds. The average Bonchev–Trinajstić information content (AvgIpc) is 2.96. The van der Waals surface area contributed by atoms with Crippen LogP contribution in [0.4, 0.5) is 18.9 Å². The van der Waals surface area contributed by atoms with Gasteiger partial charge in [0.1, 0.15) is 5.78 Å². The Morgan fingerprint density at radius 3 is 2.42 bits per heavy atom. The zero-order valence-electron chi connectivity index (χ0n) is 18.9. The number of rotatable bonds is 3. The van der Waals surface area contributed by atoms with Gasteiger partial charge in [-0.05, 0) is 47.9 Å². The van der Waals surface area contributed by atoms with E-state index in [1.54, 1.807) is 24.3 Å². The van der Waals surface area contributed by atoms with Crippen LogP contribution < -0.4 is 4.90 Å². The lowest BCUT2D eigenvalue weighted by molar-refractivity contribution is -0.154. The molecule has 176 valence electrons. The maximum atomic E-state index is 13.7. The largest absolute Gasteiger partial charge is 0.416 e. The van der Waals surface area contributed by atoms with Crippen LogP contribution in [0, 0.1) is 17.3 Å². The van der Waals surface area contributed by atoms with Gasteiger partial charge in [0.2, 0.25) is 0 Å². The van der Waals surface area contributed by atoms with E-state index in [-0.39, 0.29) is 30.1 Å². The number of benzene rings is 2. The molecule has 1 N–H and O–H groups in total. The molecule has 0 saturated heterocycles. The van der Waals surface area contributed by atoms with Gasteiger partial charge in [0.05, 0.1) is 23.7 Å². The number of fused-ring (bicyclic) bond motifs is 1. The van der Waals surface area contributed by atoms with Gasteiger partial charge < -0.3 is 10.0 Å². The van der Waals surface area contributed by atoms with Crippen molar-refractivity contribution < 1.29 is 27.9 Å². The Bertz CT molecular complexity index is 1090. The zero-order valence-corrected chi connectivity index (χ0v) is 18.9. The van der Waals surface area contributed by atoms with Crippen LogP contribution in [0.2, 0.25) is 0 Å². The number of hydrogen-bond donors (Lipinski definition) is 1. The van der Waals surface area contributed by atoms with Crippen LogP contribution >= 0.6 is 0 Å². The summed E-state index contributed by atoms with van der Waals surface area (Å²) in [6.07, 6.45) is -3.12. The summed E-state index contributed by atoms with van der Waals surface area (Å²) >= 11 is 0. The smallest absolute Gasteiger partial charge is 0.375 e. The van der Waals surface area contributed by atoms with Crippen molar-refractivity contribution in [3.8, 4) is 0 Å². The lowest BCUT2D eigenvalue weighted by Crippen LogP contribution is -2.51. The molecule has 2 aromatic rings. The van der Waals surface area contributed by atoms with Crippen molar-refractivity contribution in [1.82, 2.24) is 0 Å². The van der Waals surface area contributed by atoms with E-state index in [9.17, 15) is 27.9 Å². The normalized spacial score (nSPS) is 26.0. The second-order valence-electron chi connectivity index (χ2n) is 10.2. The van der Waals surface area contributed by atoms with Crippen LogP contribution in [-0.2, 0) is 27.9 Å². The molecule has 33 heavy (non-hydrogen) atoms. The number of anilines is 1. The monoisotopic (exact) mass is 459 g/mol. The van der Waals surface area contributed by atoms with E-state index in [1.165, 1.54) is 17.0 Å². The Morgan fingerprint density at radius 1 is 1.06 bits per heavy atom. The Morgan fingerprint density at radius 2 is 1.76 bits per heavy atom. The zero-order chi connectivity index (χ0) is 24.2.